The average molecular weight is 182 g/mol. The van der Waals surface area contributed by atoms with Crippen LogP contribution >= 0.6 is 0 Å². The molecule has 0 bridgehead atoms. The van der Waals surface area contributed by atoms with Crippen LogP contribution in [-0.4, -0.2) is 0 Å². The van der Waals surface area contributed by atoms with E-state index < -0.39 is 0 Å². The van der Waals surface area contributed by atoms with Crippen LogP contribution in [0.5, 0.6) is 0 Å². The van der Waals surface area contributed by atoms with Gasteiger partial charge in [-0.25, -0.2) is 0 Å². The summed E-state index contributed by atoms with van der Waals surface area (Å²) in [5, 5.41) is 0. The fraction of sp³-hybridized carbons (Fsp3) is 0. The Labute approximate surface area is 114 Å². The molecule has 0 amide bonds. The Bertz CT molecular complexity index is 13.5. The quantitative estimate of drug-likeness (QED) is 0.327. The number of rotatable bonds is 0. The van der Waals surface area contributed by atoms with Gasteiger partial charge >= 0.3 is 80.9 Å². The summed E-state index contributed by atoms with van der Waals surface area (Å²) >= 11 is 0. The molecule has 0 N–H and O–H groups in total. The molecule has 0 saturated heterocycles. The van der Waals surface area contributed by atoms with Gasteiger partial charge < -0.3 is 2.85 Å². The van der Waals surface area contributed by atoms with Crippen LogP contribution in [0.4, 0.5) is 0 Å². The van der Waals surface area contributed by atoms with Crippen LogP contribution in [0.25, 0.3) is 0 Å². The van der Waals surface area contributed by atoms with Gasteiger partial charge in [0.2, 0.25) is 0 Å². The van der Waals surface area contributed by atoms with Crippen molar-refractivity contribution in [1.29, 1.82) is 0 Å². The van der Waals surface area contributed by atoms with Gasteiger partial charge in [0, 0.05) is 33.3 Å². The van der Waals surface area contributed by atoms with Crippen LogP contribution in [0.3, 0.4) is 0 Å². The summed E-state index contributed by atoms with van der Waals surface area (Å²) in [7, 11) is 0. The van der Waals surface area contributed by atoms with Crippen LogP contribution in [-0.2, 0) is 33.3 Å². The first-order valence-corrected chi connectivity index (χ1v) is 0. The van der Waals surface area contributed by atoms with Crippen molar-refractivity contribution in [3.63, 3.8) is 0 Å². The molecular weight excluding hydrogens is 180 g/mol. The molecule has 4 heavy (non-hydrogen) atoms. The number of hydrogen-bond acceptors (Lipinski definition) is 0. The minimum atomic E-state index is 0. The average Bonchev–Trinajstić information content (AvgIpc) is 0. The first-order valence-electron chi connectivity index (χ1n) is 0. The zero-order chi connectivity index (χ0) is 0. The maximum absolute atomic E-state index is 0. The molecule has 0 nitrogen and oxygen atoms in total. The predicted molar refractivity (Wildman–Crippen MR) is 2.22 cm³/mol. The van der Waals surface area contributed by atoms with Crippen molar-refractivity contribution in [3.05, 3.63) is 0 Å². The van der Waals surface area contributed by atoms with E-state index in [4.69, 9.17) is 0 Å². The first-order chi connectivity index (χ1) is 0. The zero-order valence-electron chi connectivity index (χ0n) is 4.65. The summed E-state index contributed by atoms with van der Waals surface area (Å²) < 4.78 is 0. The maximum Gasteiger partial charge on any atom is 1.00 e. The summed E-state index contributed by atoms with van der Waals surface area (Å²) in [5.74, 6) is 0. The second kappa shape index (κ2) is 15.9. The third-order valence-corrected chi connectivity index (χ3v) is 0. The first kappa shape index (κ1) is 25.4. The molecule has 0 atom stereocenters. The molecular formula is H2CoKNaNi. The van der Waals surface area contributed by atoms with E-state index in [0.717, 1.165) is 0 Å². The summed E-state index contributed by atoms with van der Waals surface area (Å²) in [6, 6.07) is 0. The van der Waals surface area contributed by atoms with E-state index in [9.17, 15) is 0 Å². The molecule has 0 unspecified atom stereocenters. The van der Waals surface area contributed by atoms with Crippen molar-refractivity contribution in [2.75, 3.05) is 0 Å². The van der Waals surface area contributed by atoms with E-state index in [0.29, 0.717) is 0 Å². The molecule has 0 aromatic carbocycles. The molecule has 0 saturated carbocycles. The number of hydrogen-bond donors (Lipinski definition) is 0. The Morgan fingerprint density at radius 1 is 1.25 bits per heavy atom. The van der Waals surface area contributed by atoms with E-state index in [1.165, 1.54) is 0 Å². The monoisotopic (exact) mass is 181 g/mol. The van der Waals surface area contributed by atoms with Gasteiger partial charge in [-0.15, -0.1) is 0 Å². The van der Waals surface area contributed by atoms with Crippen LogP contribution in [0, 0.1) is 0 Å². The molecule has 0 spiro atoms. The molecule has 23 valence electrons. The van der Waals surface area contributed by atoms with Crippen LogP contribution < -0.4 is 80.9 Å². The van der Waals surface area contributed by atoms with Gasteiger partial charge in [-0.05, 0) is 0 Å². The predicted octanol–water partition coefficient (Wildman–Crippen LogP) is -5.77. The molecule has 0 aliphatic carbocycles. The molecule has 0 rings (SSSR count). The Morgan fingerprint density at radius 2 is 1.25 bits per heavy atom. The Balaban J connectivity index is 0. The summed E-state index contributed by atoms with van der Waals surface area (Å²) in [6.45, 7) is 0. The zero-order valence-corrected chi connectivity index (χ0v) is 9.80. The third kappa shape index (κ3) is 9.16. The van der Waals surface area contributed by atoms with Crippen molar-refractivity contribution in [1.82, 2.24) is 0 Å². The summed E-state index contributed by atoms with van der Waals surface area (Å²) in [4.78, 5) is 0. The van der Waals surface area contributed by atoms with E-state index in [2.05, 4.69) is 0 Å². The summed E-state index contributed by atoms with van der Waals surface area (Å²) in [5.41, 5.74) is 0. The van der Waals surface area contributed by atoms with Crippen molar-refractivity contribution in [3.8, 4) is 0 Å². The van der Waals surface area contributed by atoms with E-state index >= 15 is 0 Å². The van der Waals surface area contributed by atoms with Gasteiger partial charge in [0.15, 0.2) is 0 Å². The van der Waals surface area contributed by atoms with Gasteiger partial charge in [0.1, 0.15) is 0 Å². The fourth-order valence-electron chi connectivity index (χ4n) is 0. The van der Waals surface area contributed by atoms with Crippen molar-refractivity contribution in [2.24, 2.45) is 0 Å². The molecule has 1 radical (unpaired) electrons. The van der Waals surface area contributed by atoms with Crippen LogP contribution in [0.1, 0.15) is 2.85 Å². The third-order valence-electron chi connectivity index (χ3n) is 0. The van der Waals surface area contributed by atoms with Gasteiger partial charge in [0.05, 0.1) is 0 Å². The van der Waals surface area contributed by atoms with Crippen LogP contribution in [0.15, 0.2) is 0 Å². The van der Waals surface area contributed by atoms with Crippen LogP contribution in [0.2, 0.25) is 0 Å². The Kier molecular flexibility index (Phi) is 101. The van der Waals surface area contributed by atoms with Gasteiger partial charge in [-0.3, -0.25) is 0 Å². The van der Waals surface area contributed by atoms with Gasteiger partial charge in [0.25, 0.3) is 0 Å². The minimum absolute atomic E-state index is 0. The van der Waals surface area contributed by atoms with Gasteiger partial charge in [-0.1, -0.05) is 0 Å². The second-order valence-corrected chi connectivity index (χ2v) is 0. The topological polar surface area (TPSA) is 0 Å². The fourth-order valence-corrected chi connectivity index (χ4v) is 0. The van der Waals surface area contributed by atoms with Crippen molar-refractivity contribution < 1.29 is 117 Å². The summed E-state index contributed by atoms with van der Waals surface area (Å²) in [6.07, 6.45) is 0. The molecule has 0 aliphatic rings. The van der Waals surface area contributed by atoms with E-state index in [1.54, 1.807) is 0 Å². The van der Waals surface area contributed by atoms with Crippen molar-refractivity contribution >= 4 is 0 Å². The largest absolute Gasteiger partial charge is 1.00 e. The molecule has 4 heteroatoms. The molecule has 0 heterocycles. The molecule has 0 aromatic heterocycles. The maximum atomic E-state index is 0. The molecule has 0 aromatic rings. The Hall–Kier alpha value is 3.64. The molecule has 0 aliphatic heterocycles. The van der Waals surface area contributed by atoms with Gasteiger partial charge in [-0.2, -0.15) is 0 Å². The standard InChI is InChI=1S/Co.K.Na.Ni.2H/q;2*+1;;2*-1. The van der Waals surface area contributed by atoms with Crippen molar-refractivity contribution in [2.45, 2.75) is 0 Å². The van der Waals surface area contributed by atoms with E-state index in [-0.39, 0.29) is 117 Å². The Morgan fingerprint density at radius 3 is 1.25 bits per heavy atom. The van der Waals surface area contributed by atoms with E-state index in [1.807, 2.05) is 0 Å². The second-order valence-electron chi connectivity index (χ2n) is 0. The molecule has 0 fully saturated rings. The SMILES string of the molecule is [Co].[H-].[H-].[K+].[Na+].[Ni]. The normalized spacial score (nSPS) is 0. The smallest absolute Gasteiger partial charge is 1.00 e. The minimum Gasteiger partial charge on any atom is -1.00 e.